The molecule has 2 aromatic rings. The monoisotopic (exact) mass is 324 g/mol. The molecular weight excluding hydrogens is 311 g/mol. The summed E-state index contributed by atoms with van der Waals surface area (Å²) in [5, 5.41) is 3.92. The maximum Gasteiger partial charge on any atom is 0.251 e. The average Bonchev–Trinajstić information content (AvgIpc) is 2.47. The predicted molar refractivity (Wildman–Crippen MR) is 84.4 cm³/mol. The van der Waals surface area contributed by atoms with Gasteiger partial charge in [0.15, 0.2) is 0 Å². The lowest BCUT2D eigenvalue weighted by molar-refractivity contribution is 0.0940. The van der Waals surface area contributed by atoms with Crippen molar-refractivity contribution in [3.8, 4) is 0 Å². The number of hydrazine groups is 1. The van der Waals surface area contributed by atoms with Crippen LogP contribution in [-0.4, -0.2) is 10.9 Å². The Morgan fingerprint density at radius 2 is 2.05 bits per heavy atom. The van der Waals surface area contributed by atoms with Gasteiger partial charge in [0.05, 0.1) is 6.04 Å². The number of carbonyl (C=O) groups is 1. The number of nitrogens with two attached hydrogens (primary N) is 1. The van der Waals surface area contributed by atoms with Crippen molar-refractivity contribution in [3.63, 3.8) is 0 Å². The van der Waals surface area contributed by atoms with Crippen LogP contribution in [0.5, 0.6) is 0 Å². The van der Waals surface area contributed by atoms with E-state index in [0.717, 1.165) is 5.56 Å². The van der Waals surface area contributed by atoms with Crippen molar-refractivity contribution in [2.45, 2.75) is 13.0 Å². The highest BCUT2D eigenvalue weighted by Gasteiger charge is 2.14. The third kappa shape index (κ3) is 3.85. The second-order valence-corrected chi connectivity index (χ2v) is 5.28. The van der Waals surface area contributed by atoms with Gasteiger partial charge >= 0.3 is 0 Å². The molecule has 0 aliphatic heterocycles. The molecule has 0 spiro atoms. The standard InChI is InChI=1S/C14H14Cl2N4O/c1-8(11-3-2-10(15)7-12(11)16)19-14(21)9-4-5-18-13(6-9)20-17/h2-8H,17H2,1H3,(H,18,20)(H,19,21). The average molecular weight is 325 g/mol. The number of rotatable bonds is 4. The van der Waals surface area contributed by atoms with Gasteiger partial charge in [0.1, 0.15) is 5.82 Å². The first kappa shape index (κ1) is 15.6. The molecule has 1 aromatic heterocycles. The van der Waals surface area contributed by atoms with Crippen LogP contribution in [0.1, 0.15) is 28.9 Å². The van der Waals surface area contributed by atoms with E-state index in [9.17, 15) is 4.79 Å². The van der Waals surface area contributed by atoms with Gasteiger partial charge in [-0.25, -0.2) is 10.8 Å². The van der Waals surface area contributed by atoms with Crippen LogP contribution in [0, 0.1) is 0 Å². The van der Waals surface area contributed by atoms with Gasteiger partial charge in [-0.1, -0.05) is 29.3 Å². The van der Waals surface area contributed by atoms with E-state index in [-0.39, 0.29) is 11.9 Å². The van der Waals surface area contributed by atoms with Crippen LogP contribution >= 0.6 is 23.2 Å². The third-order valence-electron chi connectivity index (χ3n) is 2.95. The minimum Gasteiger partial charge on any atom is -0.345 e. The summed E-state index contributed by atoms with van der Waals surface area (Å²) in [5.74, 6) is 5.44. The Labute approximate surface area is 132 Å². The Kier molecular flexibility index (Phi) is 5.01. The van der Waals surface area contributed by atoms with Gasteiger partial charge < -0.3 is 10.7 Å². The quantitative estimate of drug-likeness (QED) is 0.596. The zero-order valence-corrected chi connectivity index (χ0v) is 12.7. The molecule has 0 saturated heterocycles. The van der Waals surface area contributed by atoms with Crippen LogP contribution in [0.2, 0.25) is 10.0 Å². The zero-order valence-electron chi connectivity index (χ0n) is 11.2. The molecule has 1 heterocycles. The number of halogens is 2. The lowest BCUT2D eigenvalue weighted by atomic mass is 10.1. The van der Waals surface area contributed by atoms with Gasteiger partial charge in [0.25, 0.3) is 5.91 Å². The van der Waals surface area contributed by atoms with Crippen molar-refractivity contribution in [3.05, 3.63) is 57.7 Å². The molecule has 1 amide bonds. The van der Waals surface area contributed by atoms with Gasteiger partial charge in [-0.15, -0.1) is 0 Å². The van der Waals surface area contributed by atoms with Crippen molar-refractivity contribution in [1.82, 2.24) is 10.3 Å². The normalized spacial score (nSPS) is 11.8. The number of nitrogen functional groups attached to an aromatic ring is 1. The molecule has 0 aliphatic carbocycles. The molecule has 0 saturated carbocycles. The van der Waals surface area contributed by atoms with E-state index in [1.165, 1.54) is 6.20 Å². The summed E-state index contributed by atoms with van der Waals surface area (Å²) >= 11 is 12.0. The molecule has 7 heteroatoms. The van der Waals surface area contributed by atoms with E-state index in [1.54, 1.807) is 30.3 Å². The largest absolute Gasteiger partial charge is 0.345 e. The number of carbonyl (C=O) groups excluding carboxylic acids is 1. The number of hydrogen-bond donors (Lipinski definition) is 3. The summed E-state index contributed by atoms with van der Waals surface area (Å²) in [4.78, 5) is 16.1. The molecule has 1 atom stereocenters. The summed E-state index contributed by atoms with van der Waals surface area (Å²) in [6, 6.07) is 8.07. The summed E-state index contributed by atoms with van der Waals surface area (Å²) < 4.78 is 0. The molecule has 2 rings (SSSR count). The van der Waals surface area contributed by atoms with Crippen LogP contribution < -0.4 is 16.6 Å². The van der Waals surface area contributed by atoms with Crippen molar-refractivity contribution in [1.29, 1.82) is 0 Å². The lowest BCUT2D eigenvalue weighted by Crippen LogP contribution is -2.27. The Bertz CT molecular complexity index is 663. The number of anilines is 1. The highest BCUT2D eigenvalue weighted by molar-refractivity contribution is 6.35. The Morgan fingerprint density at radius 1 is 1.29 bits per heavy atom. The number of amides is 1. The molecule has 1 unspecified atom stereocenters. The smallest absolute Gasteiger partial charge is 0.251 e. The first-order valence-corrected chi connectivity index (χ1v) is 6.95. The summed E-state index contributed by atoms with van der Waals surface area (Å²) in [6.45, 7) is 1.84. The predicted octanol–water partition coefficient (Wildman–Crippen LogP) is 3.17. The van der Waals surface area contributed by atoms with Gasteiger partial charge in [-0.3, -0.25) is 4.79 Å². The topological polar surface area (TPSA) is 80.0 Å². The molecule has 5 nitrogen and oxygen atoms in total. The fourth-order valence-electron chi connectivity index (χ4n) is 1.86. The third-order valence-corrected chi connectivity index (χ3v) is 3.51. The first-order chi connectivity index (χ1) is 10.0. The van der Waals surface area contributed by atoms with Crippen LogP contribution in [0.3, 0.4) is 0 Å². The second-order valence-electron chi connectivity index (χ2n) is 4.44. The molecular formula is C14H14Cl2N4O. The van der Waals surface area contributed by atoms with E-state index in [0.29, 0.717) is 21.4 Å². The second kappa shape index (κ2) is 6.76. The number of benzene rings is 1. The van der Waals surface area contributed by atoms with Crippen LogP contribution in [0.4, 0.5) is 5.82 Å². The van der Waals surface area contributed by atoms with Crippen molar-refractivity contribution >= 4 is 34.9 Å². The number of aromatic nitrogens is 1. The van der Waals surface area contributed by atoms with Gasteiger partial charge in [0.2, 0.25) is 0 Å². The van der Waals surface area contributed by atoms with Gasteiger partial charge in [-0.05, 0) is 36.8 Å². The maximum atomic E-state index is 12.2. The SMILES string of the molecule is CC(NC(=O)c1ccnc(NN)c1)c1ccc(Cl)cc1Cl. The molecule has 21 heavy (non-hydrogen) atoms. The van der Waals surface area contributed by atoms with Crippen LogP contribution in [0.25, 0.3) is 0 Å². The minimum atomic E-state index is -0.260. The Balaban J connectivity index is 2.14. The highest BCUT2D eigenvalue weighted by atomic mass is 35.5. The Hall–Kier alpha value is -1.82. The molecule has 4 N–H and O–H groups in total. The number of nitrogens with zero attached hydrogens (tertiary/aromatic N) is 1. The van der Waals surface area contributed by atoms with Gasteiger partial charge in [0, 0.05) is 21.8 Å². The van der Waals surface area contributed by atoms with Crippen LogP contribution in [-0.2, 0) is 0 Å². The lowest BCUT2D eigenvalue weighted by Gasteiger charge is -2.16. The van der Waals surface area contributed by atoms with E-state index < -0.39 is 0 Å². The summed E-state index contributed by atoms with van der Waals surface area (Å²) in [7, 11) is 0. The first-order valence-electron chi connectivity index (χ1n) is 6.19. The summed E-state index contributed by atoms with van der Waals surface area (Å²) in [6.07, 6.45) is 1.50. The van der Waals surface area contributed by atoms with Crippen LogP contribution in [0.15, 0.2) is 36.5 Å². The van der Waals surface area contributed by atoms with Crippen molar-refractivity contribution in [2.75, 3.05) is 5.43 Å². The van der Waals surface area contributed by atoms with E-state index in [4.69, 9.17) is 29.0 Å². The van der Waals surface area contributed by atoms with E-state index >= 15 is 0 Å². The molecule has 0 fully saturated rings. The fourth-order valence-corrected chi connectivity index (χ4v) is 2.43. The molecule has 110 valence electrons. The molecule has 0 radical (unpaired) electrons. The number of hydrogen-bond acceptors (Lipinski definition) is 4. The fraction of sp³-hybridized carbons (Fsp3) is 0.143. The Morgan fingerprint density at radius 3 is 2.71 bits per heavy atom. The number of pyridine rings is 1. The molecule has 0 bridgehead atoms. The highest BCUT2D eigenvalue weighted by Crippen LogP contribution is 2.26. The molecule has 1 aromatic carbocycles. The maximum absolute atomic E-state index is 12.2. The van der Waals surface area contributed by atoms with Crippen molar-refractivity contribution < 1.29 is 4.79 Å². The van der Waals surface area contributed by atoms with Gasteiger partial charge in [-0.2, -0.15) is 0 Å². The number of nitrogens with one attached hydrogen (secondary N) is 2. The van der Waals surface area contributed by atoms with E-state index in [2.05, 4.69) is 15.7 Å². The minimum absolute atomic E-state index is 0.243. The molecule has 0 aliphatic rings. The zero-order chi connectivity index (χ0) is 15.4. The van der Waals surface area contributed by atoms with Crippen molar-refractivity contribution in [2.24, 2.45) is 5.84 Å². The van der Waals surface area contributed by atoms with E-state index in [1.807, 2.05) is 6.92 Å². The summed E-state index contributed by atoms with van der Waals surface area (Å²) in [5.41, 5.74) is 3.64.